The first kappa shape index (κ1) is 14.9. The molecule has 1 atom stereocenters. The number of rotatable bonds is 4. The highest BCUT2D eigenvalue weighted by molar-refractivity contribution is 5.48. The normalized spacial score (nSPS) is 11.8. The van der Waals surface area contributed by atoms with Crippen molar-refractivity contribution in [1.82, 2.24) is 5.32 Å². The van der Waals surface area contributed by atoms with Crippen LogP contribution in [0.3, 0.4) is 0 Å². The van der Waals surface area contributed by atoms with Gasteiger partial charge in [-0.15, -0.1) is 0 Å². The zero-order chi connectivity index (χ0) is 15.4. The van der Waals surface area contributed by atoms with Gasteiger partial charge in [-0.05, 0) is 38.2 Å². The molecule has 0 aliphatic rings. The Labute approximate surface area is 121 Å². The third kappa shape index (κ3) is 3.01. The van der Waals surface area contributed by atoms with Crippen LogP contribution in [0.25, 0.3) is 0 Å². The fraction of sp³-hybridized carbons (Fsp3) is 0.188. The van der Waals surface area contributed by atoms with Gasteiger partial charge in [-0.2, -0.15) is 5.26 Å². The van der Waals surface area contributed by atoms with Crippen LogP contribution in [0.1, 0.15) is 24.1 Å². The molecular formula is C16H14F2N2O. The summed E-state index contributed by atoms with van der Waals surface area (Å²) < 4.78 is 33.1. The molecule has 0 spiro atoms. The molecule has 2 aromatic carbocycles. The Hall–Kier alpha value is -2.45. The molecular weight excluding hydrogens is 274 g/mol. The molecule has 0 aliphatic carbocycles. The smallest absolute Gasteiger partial charge is 0.148 e. The van der Waals surface area contributed by atoms with Crippen molar-refractivity contribution in [3.05, 3.63) is 59.2 Å². The molecule has 0 radical (unpaired) electrons. The van der Waals surface area contributed by atoms with Crippen molar-refractivity contribution in [3.8, 4) is 17.6 Å². The van der Waals surface area contributed by atoms with E-state index >= 15 is 0 Å². The molecule has 3 nitrogen and oxygen atoms in total. The van der Waals surface area contributed by atoms with Crippen LogP contribution >= 0.6 is 0 Å². The largest absolute Gasteiger partial charge is 0.455 e. The van der Waals surface area contributed by atoms with E-state index in [0.717, 1.165) is 0 Å². The van der Waals surface area contributed by atoms with Crippen LogP contribution in [0.5, 0.6) is 11.5 Å². The predicted molar refractivity (Wildman–Crippen MR) is 75.1 cm³/mol. The fourth-order valence-electron chi connectivity index (χ4n) is 1.99. The summed E-state index contributed by atoms with van der Waals surface area (Å²) >= 11 is 0. The molecule has 1 unspecified atom stereocenters. The van der Waals surface area contributed by atoms with Crippen molar-refractivity contribution < 1.29 is 13.5 Å². The monoisotopic (exact) mass is 288 g/mol. The molecule has 0 saturated carbocycles. The number of nitriles is 1. The van der Waals surface area contributed by atoms with Crippen molar-refractivity contribution in [1.29, 1.82) is 5.26 Å². The van der Waals surface area contributed by atoms with Crippen LogP contribution in [0.4, 0.5) is 8.78 Å². The molecule has 1 N–H and O–H groups in total. The van der Waals surface area contributed by atoms with Crippen LogP contribution in [-0.2, 0) is 0 Å². The van der Waals surface area contributed by atoms with Crippen LogP contribution in [0.15, 0.2) is 36.4 Å². The molecule has 0 aliphatic heterocycles. The van der Waals surface area contributed by atoms with Gasteiger partial charge in [0, 0.05) is 11.6 Å². The average molecular weight is 288 g/mol. The third-order valence-corrected chi connectivity index (χ3v) is 3.19. The van der Waals surface area contributed by atoms with Gasteiger partial charge in [0.25, 0.3) is 0 Å². The van der Waals surface area contributed by atoms with E-state index in [1.54, 1.807) is 26.1 Å². The molecule has 21 heavy (non-hydrogen) atoms. The Bertz CT molecular complexity index is 695. The number of halogens is 2. The van der Waals surface area contributed by atoms with Gasteiger partial charge in [-0.25, -0.2) is 8.78 Å². The number of nitrogens with one attached hydrogen (secondary N) is 1. The fourth-order valence-corrected chi connectivity index (χ4v) is 1.99. The van der Waals surface area contributed by atoms with Crippen LogP contribution in [-0.4, -0.2) is 7.05 Å². The molecule has 0 amide bonds. The van der Waals surface area contributed by atoms with E-state index in [9.17, 15) is 8.78 Å². The highest BCUT2D eigenvalue weighted by Gasteiger charge is 2.18. The Morgan fingerprint density at radius 1 is 1.10 bits per heavy atom. The SMILES string of the molecule is CNC(C)c1c(F)cccc1Oc1cccc(F)c1C#N. The minimum atomic E-state index is -0.672. The molecule has 108 valence electrons. The molecule has 5 heteroatoms. The standard InChI is InChI=1S/C16H14F2N2O/c1-10(20-2)16-13(18)6-4-8-15(16)21-14-7-3-5-12(17)11(14)9-19/h3-8,10,20H,1-2H3. The Kier molecular flexibility index (Phi) is 4.51. The van der Waals surface area contributed by atoms with Crippen molar-refractivity contribution >= 4 is 0 Å². The van der Waals surface area contributed by atoms with Crippen LogP contribution < -0.4 is 10.1 Å². The number of ether oxygens (including phenoxy) is 1. The summed E-state index contributed by atoms with van der Waals surface area (Å²) in [7, 11) is 1.70. The highest BCUT2D eigenvalue weighted by atomic mass is 19.1. The first-order valence-corrected chi connectivity index (χ1v) is 6.40. The van der Waals surface area contributed by atoms with E-state index in [2.05, 4.69) is 5.32 Å². The van der Waals surface area contributed by atoms with Gasteiger partial charge in [0.2, 0.25) is 0 Å². The van der Waals surface area contributed by atoms with Gasteiger partial charge in [-0.1, -0.05) is 12.1 Å². The summed E-state index contributed by atoms with van der Waals surface area (Å²) in [6.07, 6.45) is 0. The molecule has 2 aromatic rings. The Balaban J connectivity index is 2.49. The van der Waals surface area contributed by atoms with E-state index in [0.29, 0.717) is 5.56 Å². The zero-order valence-corrected chi connectivity index (χ0v) is 11.7. The van der Waals surface area contributed by atoms with Crippen molar-refractivity contribution in [2.24, 2.45) is 0 Å². The average Bonchev–Trinajstić information content (AvgIpc) is 2.47. The van der Waals surface area contributed by atoms with Crippen molar-refractivity contribution in [3.63, 3.8) is 0 Å². The molecule has 2 rings (SSSR count). The van der Waals surface area contributed by atoms with Gasteiger partial charge in [0.1, 0.15) is 34.8 Å². The van der Waals surface area contributed by atoms with E-state index in [-0.39, 0.29) is 23.1 Å². The maximum Gasteiger partial charge on any atom is 0.148 e. The lowest BCUT2D eigenvalue weighted by Crippen LogP contribution is -2.15. The Morgan fingerprint density at radius 3 is 2.33 bits per heavy atom. The van der Waals surface area contributed by atoms with Gasteiger partial charge in [0.05, 0.1) is 0 Å². The molecule has 0 fully saturated rings. The predicted octanol–water partition coefficient (Wildman–Crippen LogP) is 3.91. The second-order valence-corrected chi connectivity index (χ2v) is 4.49. The van der Waals surface area contributed by atoms with Gasteiger partial charge >= 0.3 is 0 Å². The summed E-state index contributed by atoms with van der Waals surface area (Å²) in [4.78, 5) is 0. The summed E-state index contributed by atoms with van der Waals surface area (Å²) in [5, 5.41) is 11.9. The Morgan fingerprint density at radius 2 is 1.71 bits per heavy atom. The minimum Gasteiger partial charge on any atom is -0.455 e. The number of nitrogens with zero attached hydrogens (tertiary/aromatic N) is 1. The number of hydrogen-bond acceptors (Lipinski definition) is 3. The van der Waals surface area contributed by atoms with Gasteiger partial charge in [0.15, 0.2) is 0 Å². The summed E-state index contributed by atoms with van der Waals surface area (Å²) in [6.45, 7) is 1.78. The molecule has 0 aromatic heterocycles. The number of benzene rings is 2. The highest BCUT2D eigenvalue weighted by Crippen LogP contribution is 2.33. The third-order valence-electron chi connectivity index (χ3n) is 3.19. The summed E-state index contributed by atoms with van der Waals surface area (Å²) in [6, 6.07) is 9.95. The first-order valence-electron chi connectivity index (χ1n) is 6.40. The lowest BCUT2D eigenvalue weighted by molar-refractivity contribution is 0.447. The van der Waals surface area contributed by atoms with E-state index < -0.39 is 11.6 Å². The quantitative estimate of drug-likeness (QED) is 0.927. The van der Waals surface area contributed by atoms with Crippen molar-refractivity contribution in [2.45, 2.75) is 13.0 Å². The summed E-state index contributed by atoms with van der Waals surface area (Å²) in [5.41, 5.74) is 0.123. The zero-order valence-electron chi connectivity index (χ0n) is 11.7. The molecule has 0 saturated heterocycles. The molecule has 0 bridgehead atoms. The first-order chi connectivity index (χ1) is 10.1. The lowest BCUT2D eigenvalue weighted by Gasteiger charge is -2.17. The van der Waals surface area contributed by atoms with E-state index in [1.165, 1.54) is 30.3 Å². The second-order valence-electron chi connectivity index (χ2n) is 4.49. The second kappa shape index (κ2) is 6.33. The van der Waals surface area contributed by atoms with Gasteiger partial charge in [-0.3, -0.25) is 0 Å². The van der Waals surface area contributed by atoms with Crippen LogP contribution in [0, 0.1) is 23.0 Å². The van der Waals surface area contributed by atoms with Crippen molar-refractivity contribution in [2.75, 3.05) is 7.05 Å². The van der Waals surface area contributed by atoms with Gasteiger partial charge < -0.3 is 10.1 Å². The maximum absolute atomic E-state index is 14.0. The number of hydrogen-bond donors (Lipinski definition) is 1. The van der Waals surface area contributed by atoms with E-state index in [1.807, 2.05) is 0 Å². The van der Waals surface area contributed by atoms with E-state index in [4.69, 9.17) is 10.00 Å². The maximum atomic E-state index is 14.0. The summed E-state index contributed by atoms with van der Waals surface area (Å²) in [5.74, 6) is -0.787. The topological polar surface area (TPSA) is 45.0 Å². The minimum absolute atomic E-state index is 0.0626. The molecule has 0 heterocycles. The van der Waals surface area contributed by atoms with Crippen LogP contribution in [0.2, 0.25) is 0 Å². The lowest BCUT2D eigenvalue weighted by atomic mass is 10.1.